The van der Waals surface area contributed by atoms with Crippen LogP contribution < -0.4 is 10.9 Å². The number of hydrogen-bond donors (Lipinski definition) is 3. The highest BCUT2D eigenvalue weighted by atomic mass is 79.9. The second kappa shape index (κ2) is 6.31. The number of aliphatic hydroxyl groups excluding tert-OH is 2. The molecule has 7 heteroatoms. The molecule has 18 heavy (non-hydrogen) atoms. The molecule has 102 valence electrons. The van der Waals surface area contributed by atoms with Crippen molar-refractivity contribution in [2.75, 3.05) is 25.1 Å². The zero-order chi connectivity index (χ0) is 13.8. The summed E-state index contributed by atoms with van der Waals surface area (Å²) in [6, 6.07) is 0. The number of aliphatic hydroxyl groups is 2. The van der Waals surface area contributed by atoms with Gasteiger partial charge in [-0.1, -0.05) is 13.8 Å². The average Bonchev–Trinajstić information content (AvgIpc) is 2.34. The van der Waals surface area contributed by atoms with E-state index in [-0.39, 0.29) is 30.7 Å². The van der Waals surface area contributed by atoms with Gasteiger partial charge in [-0.2, -0.15) is 5.10 Å². The van der Waals surface area contributed by atoms with E-state index in [1.54, 1.807) is 0 Å². The normalized spacial score (nSPS) is 11.6. The van der Waals surface area contributed by atoms with Crippen molar-refractivity contribution in [3.05, 3.63) is 21.0 Å². The summed E-state index contributed by atoms with van der Waals surface area (Å²) in [5.41, 5.74) is 0.00549. The minimum Gasteiger partial charge on any atom is -0.396 e. The summed E-state index contributed by atoms with van der Waals surface area (Å²) in [4.78, 5) is 11.8. The maximum atomic E-state index is 11.8. The fourth-order valence-corrected chi connectivity index (χ4v) is 1.68. The highest BCUT2D eigenvalue weighted by Gasteiger charge is 2.17. The third-order valence-corrected chi connectivity index (χ3v) is 3.25. The highest BCUT2D eigenvalue weighted by molar-refractivity contribution is 9.10. The van der Waals surface area contributed by atoms with Crippen LogP contribution in [0.3, 0.4) is 0 Å². The predicted molar refractivity (Wildman–Crippen MR) is 72.6 cm³/mol. The number of rotatable bonds is 6. The minimum absolute atomic E-state index is 0.0482. The number of aromatic nitrogens is 2. The molecule has 0 fully saturated rings. The van der Waals surface area contributed by atoms with E-state index in [1.165, 1.54) is 10.9 Å². The number of hydrogen-bond acceptors (Lipinski definition) is 5. The molecule has 0 aliphatic rings. The molecule has 0 amide bonds. The second-order valence-electron chi connectivity index (χ2n) is 4.80. The van der Waals surface area contributed by atoms with E-state index in [4.69, 9.17) is 10.2 Å². The molecule has 0 bridgehead atoms. The van der Waals surface area contributed by atoms with Gasteiger partial charge < -0.3 is 15.5 Å². The zero-order valence-electron chi connectivity index (χ0n) is 10.5. The van der Waals surface area contributed by atoms with Crippen LogP contribution >= 0.6 is 15.9 Å². The van der Waals surface area contributed by atoms with E-state index in [0.29, 0.717) is 16.7 Å². The third-order valence-electron chi connectivity index (χ3n) is 2.48. The molecule has 1 rings (SSSR count). The lowest BCUT2D eigenvalue weighted by atomic mass is 9.95. The maximum Gasteiger partial charge on any atom is 0.283 e. The van der Waals surface area contributed by atoms with Crippen molar-refractivity contribution in [3.63, 3.8) is 0 Å². The Bertz CT molecular complexity index is 459. The van der Waals surface area contributed by atoms with Crippen molar-refractivity contribution in [1.82, 2.24) is 9.78 Å². The summed E-state index contributed by atoms with van der Waals surface area (Å²) < 4.78 is 1.56. The Balaban J connectivity index is 2.86. The molecule has 0 spiro atoms. The first-order chi connectivity index (χ1) is 8.41. The van der Waals surface area contributed by atoms with Gasteiger partial charge in [0.15, 0.2) is 0 Å². The standard InChI is InChI=1S/C11H18BrN3O3/c1-11(2,7-17)6-13-8-5-14-15(3-4-16)10(18)9(8)12/h5,13,16-17H,3-4,6-7H2,1-2H3. The monoisotopic (exact) mass is 319 g/mol. The first-order valence-electron chi connectivity index (χ1n) is 5.62. The van der Waals surface area contributed by atoms with Gasteiger partial charge in [0, 0.05) is 18.6 Å². The number of halogens is 1. The SMILES string of the molecule is CC(C)(CO)CNc1cnn(CCO)c(=O)c1Br. The maximum absolute atomic E-state index is 11.8. The quantitative estimate of drug-likeness (QED) is 0.707. The third kappa shape index (κ3) is 3.79. The van der Waals surface area contributed by atoms with E-state index < -0.39 is 0 Å². The molecule has 0 radical (unpaired) electrons. The Morgan fingerprint density at radius 1 is 1.50 bits per heavy atom. The van der Waals surface area contributed by atoms with E-state index in [2.05, 4.69) is 26.3 Å². The van der Waals surface area contributed by atoms with Crippen molar-refractivity contribution >= 4 is 21.6 Å². The van der Waals surface area contributed by atoms with E-state index in [1.807, 2.05) is 13.8 Å². The van der Waals surface area contributed by atoms with Gasteiger partial charge in [-0.3, -0.25) is 4.79 Å². The lowest BCUT2D eigenvalue weighted by Crippen LogP contribution is -2.29. The molecule has 0 atom stereocenters. The molecule has 1 aromatic heterocycles. The van der Waals surface area contributed by atoms with Crippen LogP contribution in [0.4, 0.5) is 5.69 Å². The molecular weight excluding hydrogens is 302 g/mol. The van der Waals surface area contributed by atoms with Crippen LogP contribution in [-0.4, -0.2) is 39.8 Å². The molecule has 0 aliphatic carbocycles. The lowest BCUT2D eigenvalue weighted by Gasteiger charge is -2.22. The largest absolute Gasteiger partial charge is 0.396 e. The number of anilines is 1. The topological polar surface area (TPSA) is 87.4 Å². The van der Waals surface area contributed by atoms with Crippen molar-refractivity contribution in [1.29, 1.82) is 0 Å². The second-order valence-corrected chi connectivity index (χ2v) is 5.59. The van der Waals surface area contributed by atoms with Gasteiger partial charge in [0.1, 0.15) is 4.47 Å². The molecule has 1 heterocycles. The van der Waals surface area contributed by atoms with Gasteiger partial charge in [-0.05, 0) is 15.9 Å². The Morgan fingerprint density at radius 2 is 2.17 bits per heavy atom. The molecule has 1 aromatic rings. The predicted octanol–water partition coefficient (Wildman–Crippen LogP) is 0.428. The average molecular weight is 320 g/mol. The van der Waals surface area contributed by atoms with Crippen molar-refractivity contribution < 1.29 is 10.2 Å². The lowest BCUT2D eigenvalue weighted by molar-refractivity contribution is 0.171. The smallest absolute Gasteiger partial charge is 0.283 e. The Kier molecular flexibility index (Phi) is 5.30. The van der Waals surface area contributed by atoms with Crippen molar-refractivity contribution in [3.8, 4) is 0 Å². The summed E-state index contributed by atoms with van der Waals surface area (Å²) in [5, 5.41) is 25.0. The van der Waals surface area contributed by atoms with E-state index >= 15 is 0 Å². The van der Waals surface area contributed by atoms with Crippen molar-refractivity contribution in [2.24, 2.45) is 5.41 Å². The fourth-order valence-electron chi connectivity index (χ4n) is 1.23. The van der Waals surface area contributed by atoms with E-state index in [9.17, 15) is 4.79 Å². The van der Waals surface area contributed by atoms with Crippen LogP contribution in [0, 0.1) is 5.41 Å². The van der Waals surface area contributed by atoms with Gasteiger partial charge in [0.25, 0.3) is 5.56 Å². The molecule has 0 saturated heterocycles. The Labute approximate surface area is 114 Å². The van der Waals surface area contributed by atoms with Gasteiger partial charge >= 0.3 is 0 Å². The van der Waals surface area contributed by atoms with Crippen LogP contribution in [0.25, 0.3) is 0 Å². The number of nitrogens with one attached hydrogen (secondary N) is 1. The molecule has 0 saturated carbocycles. The Hall–Kier alpha value is -0.920. The molecule has 0 unspecified atom stereocenters. The van der Waals surface area contributed by atoms with Gasteiger partial charge in [-0.25, -0.2) is 4.68 Å². The minimum atomic E-state index is -0.296. The summed E-state index contributed by atoms with van der Waals surface area (Å²) in [5.74, 6) is 0. The molecule has 0 aliphatic heterocycles. The highest BCUT2D eigenvalue weighted by Crippen LogP contribution is 2.19. The molecule has 3 N–H and O–H groups in total. The van der Waals surface area contributed by atoms with Gasteiger partial charge in [-0.15, -0.1) is 0 Å². The van der Waals surface area contributed by atoms with Crippen LogP contribution in [0.1, 0.15) is 13.8 Å². The Morgan fingerprint density at radius 3 is 2.72 bits per heavy atom. The van der Waals surface area contributed by atoms with Crippen LogP contribution in [0.2, 0.25) is 0 Å². The van der Waals surface area contributed by atoms with Crippen LogP contribution in [0.5, 0.6) is 0 Å². The van der Waals surface area contributed by atoms with Crippen LogP contribution in [0.15, 0.2) is 15.5 Å². The first-order valence-corrected chi connectivity index (χ1v) is 6.42. The van der Waals surface area contributed by atoms with Crippen molar-refractivity contribution in [2.45, 2.75) is 20.4 Å². The van der Waals surface area contributed by atoms with E-state index in [0.717, 1.165) is 0 Å². The summed E-state index contributed by atoms with van der Waals surface area (Å²) in [6.45, 7) is 4.42. The zero-order valence-corrected chi connectivity index (χ0v) is 12.1. The fraction of sp³-hybridized carbons (Fsp3) is 0.636. The summed E-state index contributed by atoms with van der Waals surface area (Å²) in [6.07, 6.45) is 1.52. The molecular formula is C11H18BrN3O3. The van der Waals surface area contributed by atoms with Gasteiger partial charge in [0.2, 0.25) is 0 Å². The first kappa shape index (κ1) is 15.1. The van der Waals surface area contributed by atoms with Crippen LogP contribution in [-0.2, 0) is 6.54 Å². The van der Waals surface area contributed by atoms with Gasteiger partial charge in [0.05, 0.1) is 25.0 Å². The summed E-state index contributed by atoms with van der Waals surface area (Å²) in [7, 11) is 0. The molecule has 6 nitrogen and oxygen atoms in total. The summed E-state index contributed by atoms with van der Waals surface area (Å²) >= 11 is 3.21. The number of nitrogens with zero attached hydrogens (tertiary/aromatic N) is 2. The molecule has 0 aromatic carbocycles.